The Labute approximate surface area is 82.0 Å². The van der Waals surface area contributed by atoms with Gasteiger partial charge in [-0.3, -0.25) is 10.1 Å². The number of rotatable bonds is 1. The molecule has 0 saturated heterocycles. The smallest absolute Gasteiger partial charge is 0.319 e. The third-order valence-corrected chi connectivity index (χ3v) is 2.72. The second kappa shape index (κ2) is 2.85. The SMILES string of the molecule is O=[N+]([O-])c1c(O)ccc2sc(O)cc12. The van der Waals surface area contributed by atoms with Crippen LogP contribution in [0.4, 0.5) is 5.69 Å². The molecule has 0 atom stereocenters. The molecule has 0 aliphatic carbocycles. The minimum absolute atomic E-state index is 0.00583. The zero-order chi connectivity index (χ0) is 10.3. The monoisotopic (exact) mass is 211 g/mol. The molecule has 0 radical (unpaired) electrons. The van der Waals surface area contributed by atoms with Gasteiger partial charge in [-0.1, -0.05) is 11.3 Å². The first-order chi connectivity index (χ1) is 6.59. The number of nitro groups is 1. The standard InChI is InChI=1S/C8H5NO4S/c10-5-1-2-6-4(3-7(11)14-6)8(5)9(12)13/h1-3,10-11H. The van der Waals surface area contributed by atoms with Gasteiger partial charge in [-0.15, -0.1) is 0 Å². The summed E-state index contributed by atoms with van der Waals surface area (Å²) in [6, 6.07) is 4.05. The van der Waals surface area contributed by atoms with Gasteiger partial charge in [0.1, 0.15) is 0 Å². The van der Waals surface area contributed by atoms with Crippen LogP contribution in [0.5, 0.6) is 10.8 Å². The van der Waals surface area contributed by atoms with Crippen LogP contribution in [0.2, 0.25) is 0 Å². The number of nitro benzene ring substituents is 1. The van der Waals surface area contributed by atoms with Gasteiger partial charge in [0.15, 0.2) is 10.8 Å². The molecule has 6 heteroatoms. The van der Waals surface area contributed by atoms with Gasteiger partial charge < -0.3 is 10.2 Å². The molecule has 0 saturated carbocycles. The molecular formula is C8H5NO4S. The van der Waals surface area contributed by atoms with E-state index in [0.29, 0.717) is 4.70 Å². The summed E-state index contributed by atoms with van der Waals surface area (Å²) in [5.74, 6) is -0.389. The maximum absolute atomic E-state index is 10.6. The summed E-state index contributed by atoms with van der Waals surface area (Å²) >= 11 is 1.03. The summed E-state index contributed by atoms with van der Waals surface area (Å²) in [6.07, 6.45) is 0. The van der Waals surface area contributed by atoms with Gasteiger partial charge in [-0.2, -0.15) is 0 Å². The minimum Gasteiger partial charge on any atom is -0.502 e. The Bertz CT molecular complexity index is 519. The van der Waals surface area contributed by atoms with E-state index in [0.717, 1.165) is 11.3 Å². The number of thiophene rings is 1. The highest BCUT2D eigenvalue weighted by Crippen LogP contribution is 2.40. The van der Waals surface area contributed by atoms with E-state index in [9.17, 15) is 15.2 Å². The molecule has 72 valence electrons. The molecule has 0 bridgehead atoms. The van der Waals surface area contributed by atoms with Crippen LogP contribution in [0.25, 0.3) is 10.1 Å². The minimum atomic E-state index is -0.663. The fourth-order valence-corrected chi connectivity index (χ4v) is 2.07. The van der Waals surface area contributed by atoms with Crippen LogP contribution in [-0.2, 0) is 0 Å². The van der Waals surface area contributed by atoms with E-state index in [1.807, 2.05) is 0 Å². The Morgan fingerprint density at radius 2 is 2.07 bits per heavy atom. The fraction of sp³-hybridized carbons (Fsp3) is 0. The van der Waals surface area contributed by atoms with Crippen LogP contribution in [0, 0.1) is 10.1 Å². The Hall–Kier alpha value is -1.82. The number of hydrogen-bond acceptors (Lipinski definition) is 5. The number of hydrogen-bond donors (Lipinski definition) is 2. The molecule has 5 nitrogen and oxygen atoms in total. The molecule has 2 N–H and O–H groups in total. The largest absolute Gasteiger partial charge is 0.502 e. The zero-order valence-corrected chi connectivity index (χ0v) is 7.61. The van der Waals surface area contributed by atoms with Crippen molar-refractivity contribution in [1.82, 2.24) is 0 Å². The average molecular weight is 211 g/mol. The molecule has 0 aliphatic heterocycles. The lowest BCUT2D eigenvalue weighted by atomic mass is 10.2. The lowest BCUT2D eigenvalue weighted by molar-refractivity contribution is -0.384. The second-order valence-electron chi connectivity index (χ2n) is 2.69. The molecular weight excluding hydrogens is 206 g/mol. The summed E-state index contributed by atoms with van der Waals surface area (Å²) in [5.41, 5.74) is -0.362. The van der Waals surface area contributed by atoms with Crippen LogP contribution in [0.1, 0.15) is 0 Å². The number of phenolic OH excluding ortho intramolecular Hbond substituents is 1. The van der Waals surface area contributed by atoms with Crippen LogP contribution >= 0.6 is 11.3 Å². The molecule has 0 fully saturated rings. The third-order valence-electron chi connectivity index (χ3n) is 1.82. The normalized spacial score (nSPS) is 10.6. The van der Waals surface area contributed by atoms with E-state index in [-0.39, 0.29) is 21.9 Å². The van der Waals surface area contributed by atoms with Gasteiger partial charge in [0.25, 0.3) is 0 Å². The number of aromatic hydroxyl groups is 2. The third kappa shape index (κ3) is 1.16. The number of fused-ring (bicyclic) bond motifs is 1. The fourth-order valence-electron chi connectivity index (χ4n) is 1.26. The maximum atomic E-state index is 10.6. The van der Waals surface area contributed by atoms with Crippen molar-refractivity contribution in [3.05, 3.63) is 28.3 Å². The molecule has 2 aromatic rings. The van der Waals surface area contributed by atoms with Crippen molar-refractivity contribution in [1.29, 1.82) is 0 Å². The van der Waals surface area contributed by atoms with Crippen LogP contribution in [0.15, 0.2) is 18.2 Å². The van der Waals surface area contributed by atoms with E-state index in [4.69, 9.17) is 5.11 Å². The summed E-state index contributed by atoms with van der Waals surface area (Å²) in [5, 5.41) is 29.3. The number of phenols is 1. The predicted octanol–water partition coefficient (Wildman–Crippen LogP) is 2.22. The molecule has 1 aromatic carbocycles. The van der Waals surface area contributed by atoms with E-state index in [1.165, 1.54) is 18.2 Å². The van der Waals surface area contributed by atoms with Crippen molar-refractivity contribution in [2.75, 3.05) is 0 Å². The first kappa shape index (κ1) is 8.76. The van der Waals surface area contributed by atoms with E-state index in [1.54, 1.807) is 0 Å². The van der Waals surface area contributed by atoms with E-state index in [2.05, 4.69) is 0 Å². The van der Waals surface area contributed by atoms with Crippen molar-refractivity contribution < 1.29 is 15.1 Å². The molecule has 2 rings (SSSR count). The topological polar surface area (TPSA) is 83.6 Å². The maximum Gasteiger partial charge on any atom is 0.319 e. The van der Waals surface area contributed by atoms with Crippen molar-refractivity contribution >= 4 is 27.1 Å². The molecule has 0 unspecified atom stereocenters. The molecule has 0 spiro atoms. The van der Waals surface area contributed by atoms with Gasteiger partial charge >= 0.3 is 5.69 Å². The first-order valence-corrected chi connectivity index (χ1v) is 4.50. The van der Waals surface area contributed by atoms with Crippen molar-refractivity contribution in [2.45, 2.75) is 0 Å². The van der Waals surface area contributed by atoms with Crippen molar-refractivity contribution in [3.8, 4) is 10.8 Å². The molecule has 0 amide bonds. The Morgan fingerprint density at radius 1 is 1.36 bits per heavy atom. The highest BCUT2D eigenvalue weighted by Gasteiger charge is 2.19. The molecule has 14 heavy (non-hydrogen) atoms. The highest BCUT2D eigenvalue weighted by molar-refractivity contribution is 7.20. The predicted molar refractivity (Wildman–Crippen MR) is 51.8 cm³/mol. The van der Waals surface area contributed by atoms with Gasteiger partial charge in [0.05, 0.1) is 10.3 Å². The Balaban J connectivity index is 2.88. The van der Waals surface area contributed by atoms with Crippen LogP contribution in [-0.4, -0.2) is 15.1 Å². The van der Waals surface area contributed by atoms with Crippen molar-refractivity contribution in [2.24, 2.45) is 0 Å². The van der Waals surface area contributed by atoms with Crippen LogP contribution < -0.4 is 0 Å². The number of benzene rings is 1. The first-order valence-electron chi connectivity index (χ1n) is 3.68. The lowest BCUT2D eigenvalue weighted by Gasteiger charge is -1.95. The lowest BCUT2D eigenvalue weighted by Crippen LogP contribution is -1.88. The summed E-state index contributed by atoms with van der Waals surface area (Å²) < 4.78 is 0.576. The van der Waals surface area contributed by atoms with E-state index < -0.39 is 4.92 Å². The van der Waals surface area contributed by atoms with E-state index >= 15 is 0 Å². The van der Waals surface area contributed by atoms with Gasteiger partial charge in [-0.25, -0.2) is 0 Å². The Morgan fingerprint density at radius 3 is 2.71 bits per heavy atom. The van der Waals surface area contributed by atoms with Gasteiger partial charge in [0, 0.05) is 10.8 Å². The summed E-state index contributed by atoms with van der Waals surface area (Å²) in [7, 11) is 0. The summed E-state index contributed by atoms with van der Waals surface area (Å²) in [6.45, 7) is 0. The molecule has 0 aliphatic rings. The van der Waals surface area contributed by atoms with Gasteiger partial charge in [-0.05, 0) is 12.1 Å². The molecule has 1 aromatic heterocycles. The Kier molecular flexibility index (Phi) is 1.78. The van der Waals surface area contributed by atoms with Crippen molar-refractivity contribution in [3.63, 3.8) is 0 Å². The zero-order valence-electron chi connectivity index (χ0n) is 6.80. The quantitative estimate of drug-likeness (QED) is 0.559. The second-order valence-corrected chi connectivity index (χ2v) is 3.75. The summed E-state index contributed by atoms with van der Waals surface area (Å²) in [4.78, 5) is 9.95. The molecule has 1 heterocycles. The average Bonchev–Trinajstić information content (AvgIpc) is 2.43. The van der Waals surface area contributed by atoms with Crippen LogP contribution in [0.3, 0.4) is 0 Å². The highest BCUT2D eigenvalue weighted by atomic mass is 32.1. The number of nitrogens with zero attached hydrogens (tertiary/aromatic N) is 1. The van der Waals surface area contributed by atoms with Gasteiger partial charge in [0.2, 0.25) is 0 Å².